The van der Waals surface area contributed by atoms with Crippen LogP contribution < -0.4 is 5.32 Å². The molecule has 0 aromatic heterocycles. The largest absolute Gasteiger partial charge is 0.481 e. The SMILES string of the molecule is CC1CNCC(C(=O)O)CN1C1CCCC1. The van der Waals surface area contributed by atoms with Gasteiger partial charge in [0.05, 0.1) is 5.92 Å². The number of carboxylic acids is 1. The predicted octanol–water partition coefficient (Wildman–Crippen LogP) is 0.923. The standard InChI is InChI=1S/C12H22N2O2/c1-9-6-13-7-10(12(15)16)8-14(9)11-4-2-3-5-11/h9-11,13H,2-8H2,1H3,(H,15,16). The molecule has 0 radical (unpaired) electrons. The highest BCUT2D eigenvalue weighted by molar-refractivity contribution is 5.70. The Morgan fingerprint density at radius 2 is 2.00 bits per heavy atom. The van der Waals surface area contributed by atoms with Crippen molar-refractivity contribution >= 4 is 5.97 Å². The molecule has 4 heteroatoms. The van der Waals surface area contributed by atoms with Gasteiger partial charge in [0.15, 0.2) is 0 Å². The molecule has 1 aliphatic heterocycles. The maximum atomic E-state index is 11.1. The first-order chi connectivity index (χ1) is 7.68. The van der Waals surface area contributed by atoms with E-state index in [4.69, 9.17) is 5.11 Å². The fourth-order valence-electron chi connectivity index (χ4n) is 2.99. The lowest BCUT2D eigenvalue weighted by Crippen LogP contribution is -2.44. The van der Waals surface area contributed by atoms with E-state index >= 15 is 0 Å². The first-order valence-electron chi connectivity index (χ1n) is 6.37. The van der Waals surface area contributed by atoms with Gasteiger partial charge in [-0.3, -0.25) is 9.69 Å². The van der Waals surface area contributed by atoms with E-state index in [0.717, 1.165) is 6.54 Å². The average Bonchev–Trinajstić information content (AvgIpc) is 2.69. The second kappa shape index (κ2) is 5.15. The van der Waals surface area contributed by atoms with E-state index < -0.39 is 5.97 Å². The van der Waals surface area contributed by atoms with E-state index in [-0.39, 0.29) is 5.92 Å². The molecule has 0 aromatic carbocycles. The molecular formula is C12H22N2O2. The third-order valence-electron chi connectivity index (χ3n) is 3.97. The van der Waals surface area contributed by atoms with Gasteiger partial charge in [0.25, 0.3) is 0 Å². The third-order valence-corrected chi connectivity index (χ3v) is 3.97. The van der Waals surface area contributed by atoms with Gasteiger partial charge in [-0.25, -0.2) is 0 Å². The first-order valence-corrected chi connectivity index (χ1v) is 6.37. The highest BCUT2D eigenvalue weighted by atomic mass is 16.4. The van der Waals surface area contributed by atoms with Crippen LogP contribution in [0.3, 0.4) is 0 Å². The van der Waals surface area contributed by atoms with Gasteiger partial charge in [0.1, 0.15) is 0 Å². The van der Waals surface area contributed by atoms with Crippen molar-refractivity contribution in [3.8, 4) is 0 Å². The molecule has 4 nitrogen and oxygen atoms in total. The molecule has 2 N–H and O–H groups in total. The van der Waals surface area contributed by atoms with Crippen LogP contribution >= 0.6 is 0 Å². The summed E-state index contributed by atoms with van der Waals surface area (Å²) in [5.74, 6) is -0.907. The smallest absolute Gasteiger partial charge is 0.309 e. The van der Waals surface area contributed by atoms with Gasteiger partial charge in [0.2, 0.25) is 0 Å². The zero-order chi connectivity index (χ0) is 11.5. The quantitative estimate of drug-likeness (QED) is 0.735. The van der Waals surface area contributed by atoms with Crippen molar-refractivity contribution < 1.29 is 9.90 Å². The van der Waals surface area contributed by atoms with Crippen LogP contribution in [0.15, 0.2) is 0 Å². The Bertz CT molecular complexity index is 251. The lowest BCUT2D eigenvalue weighted by molar-refractivity contribution is -0.142. The van der Waals surface area contributed by atoms with Crippen molar-refractivity contribution in [1.82, 2.24) is 10.2 Å². The van der Waals surface area contributed by atoms with Crippen molar-refractivity contribution in [2.75, 3.05) is 19.6 Å². The maximum absolute atomic E-state index is 11.1. The zero-order valence-electron chi connectivity index (χ0n) is 9.98. The average molecular weight is 226 g/mol. The van der Waals surface area contributed by atoms with Crippen molar-refractivity contribution in [3.05, 3.63) is 0 Å². The van der Waals surface area contributed by atoms with Gasteiger partial charge >= 0.3 is 5.97 Å². The monoisotopic (exact) mass is 226 g/mol. The Morgan fingerprint density at radius 1 is 1.31 bits per heavy atom. The number of hydrogen-bond acceptors (Lipinski definition) is 3. The van der Waals surface area contributed by atoms with E-state index in [9.17, 15) is 4.79 Å². The van der Waals surface area contributed by atoms with Crippen LogP contribution in [0.1, 0.15) is 32.6 Å². The summed E-state index contributed by atoms with van der Waals surface area (Å²) in [5.41, 5.74) is 0. The highest BCUT2D eigenvalue weighted by Gasteiger charge is 2.32. The third kappa shape index (κ3) is 2.55. The highest BCUT2D eigenvalue weighted by Crippen LogP contribution is 2.26. The molecule has 0 aromatic rings. The number of rotatable bonds is 2. The van der Waals surface area contributed by atoms with Crippen LogP contribution in [-0.2, 0) is 4.79 Å². The maximum Gasteiger partial charge on any atom is 0.309 e. The molecular weight excluding hydrogens is 204 g/mol. The van der Waals surface area contributed by atoms with Crippen LogP contribution in [0.4, 0.5) is 0 Å². The van der Waals surface area contributed by atoms with Gasteiger partial charge in [-0.1, -0.05) is 12.8 Å². The lowest BCUT2D eigenvalue weighted by Gasteiger charge is -2.33. The summed E-state index contributed by atoms with van der Waals surface area (Å²) < 4.78 is 0. The molecule has 1 saturated carbocycles. The number of hydrogen-bond donors (Lipinski definition) is 2. The Hall–Kier alpha value is -0.610. The number of carboxylic acid groups (broad SMARTS) is 1. The number of nitrogens with zero attached hydrogens (tertiary/aromatic N) is 1. The molecule has 2 atom stereocenters. The summed E-state index contributed by atoms with van der Waals surface area (Å²) in [7, 11) is 0. The van der Waals surface area contributed by atoms with Crippen LogP contribution in [0.2, 0.25) is 0 Å². The Labute approximate surface area is 97.0 Å². The molecule has 0 bridgehead atoms. The van der Waals surface area contributed by atoms with Gasteiger partial charge in [-0.05, 0) is 19.8 Å². The van der Waals surface area contributed by atoms with Crippen molar-refractivity contribution in [2.24, 2.45) is 5.92 Å². The van der Waals surface area contributed by atoms with E-state index in [0.29, 0.717) is 25.2 Å². The van der Waals surface area contributed by atoms with Crippen LogP contribution in [0, 0.1) is 5.92 Å². The van der Waals surface area contributed by atoms with Gasteiger partial charge in [0, 0.05) is 31.7 Å². The summed E-state index contributed by atoms with van der Waals surface area (Å²) in [6, 6.07) is 1.09. The van der Waals surface area contributed by atoms with Gasteiger partial charge < -0.3 is 10.4 Å². The topological polar surface area (TPSA) is 52.6 Å². The minimum absolute atomic E-state index is 0.245. The van der Waals surface area contributed by atoms with E-state index in [1.54, 1.807) is 0 Å². The predicted molar refractivity (Wildman–Crippen MR) is 62.4 cm³/mol. The molecule has 1 saturated heterocycles. The summed E-state index contributed by atoms with van der Waals surface area (Å²) in [4.78, 5) is 13.5. The molecule has 0 amide bonds. The zero-order valence-corrected chi connectivity index (χ0v) is 9.98. The summed E-state index contributed by atoms with van der Waals surface area (Å²) in [5, 5.41) is 12.4. The van der Waals surface area contributed by atoms with Crippen LogP contribution in [0.5, 0.6) is 0 Å². The summed E-state index contributed by atoms with van der Waals surface area (Å²) in [6.07, 6.45) is 5.10. The van der Waals surface area contributed by atoms with Crippen LogP contribution in [0.25, 0.3) is 0 Å². The molecule has 1 aliphatic carbocycles. The summed E-state index contributed by atoms with van der Waals surface area (Å²) in [6.45, 7) is 4.45. The minimum atomic E-state index is -0.662. The number of carbonyl (C=O) groups is 1. The summed E-state index contributed by atoms with van der Waals surface area (Å²) >= 11 is 0. The van der Waals surface area contributed by atoms with Crippen LogP contribution in [-0.4, -0.2) is 47.7 Å². The van der Waals surface area contributed by atoms with Gasteiger partial charge in [-0.2, -0.15) is 0 Å². The molecule has 1 heterocycles. The number of nitrogens with one attached hydrogen (secondary N) is 1. The fraction of sp³-hybridized carbons (Fsp3) is 0.917. The van der Waals surface area contributed by atoms with E-state index in [1.165, 1.54) is 25.7 Å². The Morgan fingerprint density at radius 3 is 2.62 bits per heavy atom. The minimum Gasteiger partial charge on any atom is -0.481 e. The molecule has 2 rings (SSSR count). The Kier molecular flexibility index (Phi) is 3.82. The number of aliphatic carboxylic acids is 1. The lowest BCUT2D eigenvalue weighted by atomic mass is 10.1. The van der Waals surface area contributed by atoms with Crippen molar-refractivity contribution in [3.63, 3.8) is 0 Å². The normalized spacial score (nSPS) is 33.8. The van der Waals surface area contributed by atoms with E-state index in [2.05, 4.69) is 17.1 Å². The molecule has 2 fully saturated rings. The second-order valence-electron chi connectivity index (χ2n) is 5.18. The fourth-order valence-corrected chi connectivity index (χ4v) is 2.99. The molecule has 16 heavy (non-hydrogen) atoms. The van der Waals surface area contributed by atoms with Crippen molar-refractivity contribution in [1.29, 1.82) is 0 Å². The molecule has 0 spiro atoms. The van der Waals surface area contributed by atoms with Crippen molar-refractivity contribution in [2.45, 2.75) is 44.7 Å². The second-order valence-corrected chi connectivity index (χ2v) is 5.18. The Balaban J connectivity index is 2.03. The first kappa shape index (κ1) is 11.9. The van der Waals surface area contributed by atoms with E-state index in [1.807, 2.05) is 0 Å². The van der Waals surface area contributed by atoms with Gasteiger partial charge in [-0.15, -0.1) is 0 Å². The molecule has 2 unspecified atom stereocenters. The molecule has 2 aliphatic rings. The molecule has 92 valence electrons.